The van der Waals surface area contributed by atoms with Crippen LogP contribution >= 0.6 is 0 Å². The van der Waals surface area contributed by atoms with Crippen molar-refractivity contribution in [3.8, 4) is 0 Å². The van der Waals surface area contributed by atoms with Gasteiger partial charge in [0.1, 0.15) is 0 Å². The highest BCUT2D eigenvalue weighted by Crippen LogP contribution is 2.32. The molecule has 0 aromatic rings. The standard InChI is InChI=1S/C11H22O2/c1-7-13-10(12)9(8(2)3)11(4,5)6/h8-9H,7H2,1-6H3. The lowest BCUT2D eigenvalue weighted by atomic mass is 9.74. The van der Waals surface area contributed by atoms with Crippen LogP contribution in [0.2, 0.25) is 0 Å². The summed E-state index contributed by atoms with van der Waals surface area (Å²) in [6, 6.07) is 0. The van der Waals surface area contributed by atoms with E-state index < -0.39 is 0 Å². The molecule has 0 N–H and O–H groups in total. The monoisotopic (exact) mass is 186 g/mol. The minimum atomic E-state index is -0.0648. The average molecular weight is 186 g/mol. The number of carbonyl (C=O) groups is 1. The molecule has 0 rings (SSSR count). The minimum Gasteiger partial charge on any atom is -0.466 e. The zero-order chi connectivity index (χ0) is 10.6. The Bertz CT molecular complexity index is 165. The van der Waals surface area contributed by atoms with E-state index in [2.05, 4.69) is 34.6 Å². The molecule has 1 atom stereocenters. The molecule has 0 aromatic carbocycles. The van der Waals surface area contributed by atoms with Gasteiger partial charge in [-0.1, -0.05) is 34.6 Å². The predicted octanol–water partition coefficient (Wildman–Crippen LogP) is 2.87. The first-order valence-corrected chi connectivity index (χ1v) is 4.97. The van der Waals surface area contributed by atoms with E-state index in [9.17, 15) is 4.79 Å². The van der Waals surface area contributed by atoms with Crippen LogP contribution in [0.15, 0.2) is 0 Å². The second kappa shape index (κ2) is 4.64. The third-order valence-corrected chi connectivity index (χ3v) is 2.14. The van der Waals surface area contributed by atoms with Crippen molar-refractivity contribution in [2.24, 2.45) is 17.3 Å². The summed E-state index contributed by atoms with van der Waals surface area (Å²) in [7, 11) is 0. The van der Waals surface area contributed by atoms with Crippen LogP contribution < -0.4 is 0 Å². The van der Waals surface area contributed by atoms with Crippen molar-refractivity contribution < 1.29 is 9.53 Å². The van der Waals surface area contributed by atoms with Gasteiger partial charge in [0.05, 0.1) is 12.5 Å². The third kappa shape index (κ3) is 3.79. The van der Waals surface area contributed by atoms with E-state index in [-0.39, 0.29) is 17.3 Å². The summed E-state index contributed by atoms with van der Waals surface area (Å²) in [5.41, 5.74) is -0.0135. The zero-order valence-electron chi connectivity index (χ0n) is 9.68. The van der Waals surface area contributed by atoms with Crippen molar-refractivity contribution in [2.45, 2.75) is 41.5 Å². The first-order valence-electron chi connectivity index (χ1n) is 4.97. The summed E-state index contributed by atoms with van der Waals surface area (Å²) in [5, 5.41) is 0. The summed E-state index contributed by atoms with van der Waals surface area (Å²) in [6.07, 6.45) is 0. The molecule has 78 valence electrons. The zero-order valence-corrected chi connectivity index (χ0v) is 9.68. The Labute approximate surface area is 81.7 Å². The number of hydrogen-bond acceptors (Lipinski definition) is 2. The molecule has 1 unspecified atom stereocenters. The highest BCUT2D eigenvalue weighted by molar-refractivity contribution is 5.73. The van der Waals surface area contributed by atoms with E-state index >= 15 is 0 Å². The summed E-state index contributed by atoms with van der Waals surface area (Å²) in [5.74, 6) is 0.261. The molecule has 0 saturated heterocycles. The molecule has 0 aromatic heterocycles. The van der Waals surface area contributed by atoms with Crippen LogP contribution in [0.4, 0.5) is 0 Å². The lowest BCUT2D eigenvalue weighted by Gasteiger charge is -2.31. The van der Waals surface area contributed by atoms with Gasteiger partial charge in [-0.15, -0.1) is 0 Å². The Kier molecular flexibility index (Phi) is 4.45. The van der Waals surface area contributed by atoms with Gasteiger partial charge in [-0.25, -0.2) is 0 Å². The van der Waals surface area contributed by atoms with Crippen molar-refractivity contribution in [3.63, 3.8) is 0 Å². The van der Waals surface area contributed by atoms with Crippen LogP contribution in [0.5, 0.6) is 0 Å². The molecule has 0 radical (unpaired) electrons. The third-order valence-electron chi connectivity index (χ3n) is 2.14. The van der Waals surface area contributed by atoms with Crippen molar-refractivity contribution in [2.75, 3.05) is 6.61 Å². The SMILES string of the molecule is CCOC(=O)C(C(C)C)C(C)(C)C. The van der Waals surface area contributed by atoms with Crippen molar-refractivity contribution in [3.05, 3.63) is 0 Å². The second-order valence-corrected chi connectivity index (χ2v) is 4.84. The number of rotatable bonds is 3. The fraction of sp³-hybridized carbons (Fsp3) is 0.909. The van der Waals surface area contributed by atoms with E-state index in [4.69, 9.17) is 4.74 Å². The van der Waals surface area contributed by atoms with E-state index in [1.807, 2.05) is 6.92 Å². The quantitative estimate of drug-likeness (QED) is 0.633. The molecule has 0 bridgehead atoms. The molecule has 0 fully saturated rings. The van der Waals surface area contributed by atoms with Gasteiger partial charge >= 0.3 is 5.97 Å². The predicted molar refractivity (Wildman–Crippen MR) is 54.4 cm³/mol. The normalized spacial score (nSPS) is 14.4. The van der Waals surface area contributed by atoms with Gasteiger partial charge in [0.2, 0.25) is 0 Å². The number of ether oxygens (including phenoxy) is 1. The van der Waals surface area contributed by atoms with Crippen LogP contribution in [0.25, 0.3) is 0 Å². The number of esters is 1. The average Bonchev–Trinajstić information content (AvgIpc) is 1.82. The summed E-state index contributed by atoms with van der Waals surface area (Å²) in [6.45, 7) is 12.7. The van der Waals surface area contributed by atoms with Crippen LogP contribution in [-0.4, -0.2) is 12.6 Å². The number of hydrogen-bond donors (Lipinski definition) is 0. The Morgan fingerprint density at radius 1 is 1.31 bits per heavy atom. The Balaban J connectivity index is 4.52. The van der Waals surface area contributed by atoms with E-state index in [1.54, 1.807) is 0 Å². The molecule has 0 spiro atoms. The van der Waals surface area contributed by atoms with E-state index in [0.29, 0.717) is 12.5 Å². The molecule has 0 aliphatic heterocycles. The molecule has 2 heteroatoms. The highest BCUT2D eigenvalue weighted by atomic mass is 16.5. The lowest BCUT2D eigenvalue weighted by Crippen LogP contribution is -2.34. The Morgan fingerprint density at radius 3 is 2.00 bits per heavy atom. The van der Waals surface area contributed by atoms with Gasteiger partial charge < -0.3 is 4.74 Å². The van der Waals surface area contributed by atoms with Crippen LogP contribution in [0.3, 0.4) is 0 Å². The molecule has 13 heavy (non-hydrogen) atoms. The van der Waals surface area contributed by atoms with E-state index in [0.717, 1.165) is 0 Å². The number of carbonyl (C=O) groups excluding carboxylic acids is 1. The van der Waals surface area contributed by atoms with Gasteiger partial charge in [0, 0.05) is 0 Å². The summed E-state index contributed by atoms with van der Waals surface area (Å²) < 4.78 is 5.05. The maximum absolute atomic E-state index is 11.6. The van der Waals surface area contributed by atoms with Gasteiger partial charge in [-0.2, -0.15) is 0 Å². The minimum absolute atomic E-state index is 0.00699. The molecule has 0 amide bonds. The first kappa shape index (κ1) is 12.5. The van der Waals surface area contributed by atoms with Gasteiger partial charge in [0.15, 0.2) is 0 Å². The highest BCUT2D eigenvalue weighted by Gasteiger charge is 2.34. The van der Waals surface area contributed by atoms with Crippen LogP contribution in [0, 0.1) is 17.3 Å². The summed E-state index contributed by atoms with van der Waals surface area (Å²) >= 11 is 0. The summed E-state index contributed by atoms with van der Waals surface area (Å²) in [4.78, 5) is 11.6. The molecule has 0 heterocycles. The van der Waals surface area contributed by atoms with Crippen molar-refractivity contribution in [1.29, 1.82) is 0 Å². The molecule has 2 nitrogen and oxygen atoms in total. The van der Waals surface area contributed by atoms with Crippen molar-refractivity contribution in [1.82, 2.24) is 0 Å². The molecule has 0 aliphatic rings. The van der Waals surface area contributed by atoms with Crippen LogP contribution in [0.1, 0.15) is 41.5 Å². The molecule has 0 aliphatic carbocycles. The fourth-order valence-electron chi connectivity index (χ4n) is 1.86. The lowest BCUT2D eigenvalue weighted by molar-refractivity contribution is -0.154. The van der Waals surface area contributed by atoms with Gasteiger partial charge in [0.25, 0.3) is 0 Å². The maximum Gasteiger partial charge on any atom is 0.309 e. The first-order chi connectivity index (χ1) is 5.80. The largest absolute Gasteiger partial charge is 0.466 e. The maximum atomic E-state index is 11.6. The van der Waals surface area contributed by atoms with Gasteiger partial charge in [-0.3, -0.25) is 4.79 Å². The van der Waals surface area contributed by atoms with E-state index in [1.165, 1.54) is 0 Å². The Morgan fingerprint density at radius 2 is 1.77 bits per heavy atom. The fourth-order valence-corrected chi connectivity index (χ4v) is 1.86. The van der Waals surface area contributed by atoms with Crippen molar-refractivity contribution >= 4 is 5.97 Å². The van der Waals surface area contributed by atoms with Crippen LogP contribution in [-0.2, 0) is 9.53 Å². The topological polar surface area (TPSA) is 26.3 Å². The smallest absolute Gasteiger partial charge is 0.309 e. The Hall–Kier alpha value is -0.530. The molecular weight excluding hydrogens is 164 g/mol. The molecular formula is C11H22O2. The second-order valence-electron chi connectivity index (χ2n) is 4.84. The molecule has 0 saturated carbocycles. The van der Waals surface area contributed by atoms with Gasteiger partial charge in [-0.05, 0) is 18.3 Å².